The van der Waals surface area contributed by atoms with E-state index in [0.717, 1.165) is 17.9 Å². The Morgan fingerprint density at radius 3 is 2.55 bits per heavy atom. The van der Waals surface area contributed by atoms with Crippen LogP contribution in [0.4, 0.5) is 0 Å². The number of hydrogen-bond donors (Lipinski definition) is 3. The number of β-amino-alcohol motifs (C(OH)–C–C–N with tert-alkyl or cyclic N) is 1. The molecule has 2 aliphatic heterocycles. The zero-order valence-corrected chi connectivity index (χ0v) is 7.28. The van der Waals surface area contributed by atoms with Crippen molar-refractivity contribution in [2.75, 3.05) is 24.6 Å². The van der Waals surface area contributed by atoms with E-state index in [1.54, 1.807) is 0 Å². The number of rotatable bonds is 1. The first-order valence-electron chi connectivity index (χ1n) is 3.96. The lowest BCUT2D eigenvalue weighted by atomic mass is 9.76. The fourth-order valence-corrected chi connectivity index (χ4v) is 3.09. The summed E-state index contributed by atoms with van der Waals surface area (Å²) in [5, 5.41) is 13.0. The van der Waals surface area contributed by atoms with Crippen LogP contribution in [0.1, 0.15) is 6.42 Å². The number of hydrogen-bond acceptors (Lipinski definition) is 4. The Kier molecular flexibility index (Phi) is 1.68. The predicted molar refractivity (Wildman–Crippen MR) is 46.7 cm³/mol. The molecule has 0 bridgehead atoms. The molecule has 3 nitrogen and oxygen atoms in total. The number of thioether (sulfide) groups is 1. The Labute approximate surface area is 70.7 Å². The molecule has 0 aliphatic carbocycles. The molecule has 2 rings (SSSR count). The summed E-state index contributed by atoms with van der Waals surface area (Å²) in [6, 6.07) is 0. The molecule has 0 aromatic carbocycles. The van der Waals surface area contributed by atoms with E-state index in [-0.39, 0.29) is 5.54 Å². The summed E-state index contributed by atoms with van der Waals surface area (Å²) in [5.74, 6) is 2.00. The molecule has 2 fully saturated rings. The van der Waals surface area contributed by atoms with Crippen LogP contribution < -0.4 is 11.1 Å². The molecule has 1 unspecified atom stereocenters. The SMILES string of the molecule is NC1(C2(O)CNC2)CCSC1. The highest BCUT2D eigenvalue weighted by Crippen LogP contribution is 2.36. The van der Waals surface area contributed by atoms with Crippen molar-refractivity contribution in [2.45, 2.75) is 17.6 Å². The molecule has 0 aromatic rings. The van der Waals surface area contributed by atoms with E-state index in [1.165, 1.54) is 0 Å². The quantitative estimate of drug-likeness (QED) is 0.485. The highest BCUT2D eigenvalue weighted by molar-refractivity contribution is 7.99. The van der Waals surface area contributed by atoms with Crippen LogP contribution in [0, 0.1) is 0 Å². The third-order valence-corrected chi connectivity index (χ3v) is 4.03. The van der Waals surface area contributed by atoms with Crippen LogP contribution in [0.5, 0.6) is 0 Å². The second-order valence-corrected chi connectivity index (χ2v) is 4.70. The van der Waals surface area contributed by atoms with Gasteiger partial charge in [-0.05, 0) is 12.2 Å². The normalized spacial score (nSPS) is 42.0. The standard InChI is InChI=1S/C7H14N2OS/c8-6(1-2-11-5-6)7(10)3-9-4-7/h9-10H,1-5,8H2. The molecule has 64 valence electrons. The molecule has 0 spiro atoms. The number of aliphatic hydroxyl groups is 1. The fraction of sp³-hybridized carbons (Fsp3) is 1.00. The van der Waals surface area contributed by atoms with E-state index in [9.17, 15) is 5.11 Å². The van der Waals surface area contributed by atoms with E-state index in [0.29, 0.717) is 13.1 Å². The first-order valence-corrected chi connectivity index (χ1v) is 5.12. The van der Waals surface area contributed by atoms with E-state index in [1.807, 2.05) is 11.8 Å². The fourth-order valence-electron chi connectivity index (χ4n) is 1.66. The van der Waals surface area contributed by atoms with Crippen molar-refractivity contribution in [3.8, 4) is 0 Å². The summed E-state index contributed by atoms with van der Waals surface area (Å²) < 4.78 is 0. The largest absolute Gasteiger partial charge is 0.385 e. The summed E-state index contributed by atoms with van der Waals surface area (Å²) >= 11 is 1.84. The maximum Gasteiger partial charge on any atom is 0.108 e. The van der Waals surface area contributed by atoms with Crippen LogP contribution in [0.3, 0.4) is 0 Å². The van der Waals surface area contributed by atoms with Crippen molar-refractivity contribution in [1.29, 1.82) is 0 Å². The molecule has 4 N–H and O–H groups in total. The van der Waals surface area contributed by atoms with Gasteiger partial charge in [-0.3, -0.25) is 0 Å². The van der Waals surface area contributed by atoms with Gasteiger partial charge in [0, 0.05) is 18.8 Å². The van der Waals surface area contributed by atoms with Crippen molar-refractivity contribution in [2.24, 2.45) is 5.73 Å². The number of nitrogens with two attached hydrogens (primary N) is 1. The van der Waals surface area contributed by atoms with E-state index in [2.05, 4.69) is 5.32 Å². The molecule has 1 atom stereocenters. The predicted octanol–water partition coefficient (Wildman–Crippen LogP) is -0.845. The molecule has 2 aliphatic rings. The Balaban J connectivity index is 2.11. The average molecular weight is 174 g/mol. The maximum atomic E-state index is 9.97. The highest BCUT2D eigenvalue weighted by atomic mass is 32.2. The number of nitrogens with one attached hydrogen (secondary N) is 1. The summed E-state index contributed by atoms with van der Waals surface area (Å²) in [7, 11) is 0. The molecule has 4 heteroatoms. The summed E-state index contributed by atoms with van der Waals surface area (Å²) in [4.78, 5) is 0. The average Bonchev–Trinajstić information content (AvgIpc) is 2.32. The molecular weight excluding hydrogens is 160 g/mol. The Hall–Kier alpha value is 0.230. The highest BCUT2D eigenvalue weighted by Gasteiger charge is 2.52. The van der Waals surface area contributed by atoms with Crippen molar-refractivity contribution >= 4 is 11.8 Å². The minimum absolute atomic E-state index is 0.317. The Morgan fingerprint density at radius 2 is 2.18 bits per heavy atom. The monoisotopic (exact) mass is 174 g/mol. The van der Waals surface area contributed by atoms with Gasteiger partial charge in [0.05, 0.1) is 5.54 Å². The molecule has 0 amide bonds. The second kappa shape index (κ2) is 2.36. The minimum atomic E-state index is -0.615. The summed E-state index contributed by atoms with van der Waals surface area (Å²) in [5.41, 5.74) is 5.16. The van der Waals surface area contributed by atoms with Crippen LogP contribution in [0.15, 0.2) is 0 Å². The zero-order valence-electron chi connectivity index (χ0n) is 6.47. The van der Waals surface area contributed by atoms with Crippen LogP contribution >= 0.6 is 11.8 Å². The molecule has 0 radical (unpaired) electrons. The van der Waals surface area contributed by atoms with Gasteiger partial charge in [-0.1, -0.05) is 0 Å². The lowest BCUT2D eigenvalue weighted by Crippen LogP contribution is -2.75. The Morgan fingerprint density at radius 1 is 1.45 bits per heavy atom. The van der Waals surface area contributed by atoms with Crippen LogP contribution in [0.2, 0.25) is 0 Å². The van der Waals surface area contributed by atoms with E-state index < -0.39 is 5.60 Å². The van der Waals surface area contributed by atoms with Gasteiger partial charge in [0.15, 0.2) is 0 Å². The molecule has 0 aromatic heterocycles. The molecule has 11 heavy (non-hydrogen) atoms. The zero-order chi connectivity index (χ0) is 7.95. The lowest BCUT2D eigenvalue weighted by Gasteiger charge is -2.48. The van der Waals surface area contributed by atoms with Crippen LogP contribution in [-0.4, -0.2) is 40.8 Å². The summed E-state index contributed by atoms with van der Waals surface area (Å²) in [6.07, 6.45) is 0.954. The second-order valence-electron chi connectivity index (χ2n) is 3.59. The lowest BCUT2D eigenvalue weighted by molar-refractivity contribution is -0.0670. The summed E-state index contributed by atoms with van der Waals surface area (Å²) in [6.45, 7) is 1.34. The Bertz CT molecular complexity index is 164. The van der Waals surface area contributed by atoms with Gasteiger partial charge < -0.3 is 16.2 Å². The van der Waals surface area contributed by atoms with Crippen LogP contribution in [0.25, 0.3) is 0 Å². The van der Waals surface area contributed by atoms with Crippen molar-refractivity contribution in [3.63, 3.8) is 0 Å². The first kappa shape index (κ1) is 7.86. The van der Waals surface area contributed by atoms with Gasteiger partial charge in [0.2, 0.25) is 0 Å². The third kappa shape index (κ3) is 1.01. The first-order chi connectivity index (χ1) is 5.16. The third-order valence-electron chi connectivity index (χ3n) is 2.81. The van der Waals surface area contributed by atoms with Crippen molar-refractivity contribution in [1.82, 2.24) is 5.32 Å². The topological polar surface area (TPSA) is 58.3 Å². The van der Waals surface area contributed by atoms with Gasteiger partial charge in [-0.2, -0.15) is 11.8 Å². The van der Waals surface area contributed by atoms with Crippen molar-refractivity contribution < 1.29 is 5.11 Å². The van der Waals surface area contributed by atoms with Gasteiger partial charge in [0.1, 0.15) is 5.60 Å². The van der Waals surface area contributed by atoms with E-state index >= 15 is 0 Å². The molecule has 2 saturated heterocycles. The molecular formula is C7H14N2OS. The van der Waals surface area contributed by atoms with Crippen molar-refractivity contribution in [3.05, 3.63) is 0 Å². The molecule has 0 saturated carbocycles. The minimum Gasteiger partial charge on any atom is -0.385 e. The maximum absolute atomic E-state index is 9.97. The van der Waals surface area contributed by atoms with Crippen LogP contribution in [-0.2, 0) is 0 Å². The van der Waals surface area contributed by atoms with Gasteiger partial charge >= 0.3 is 0 Å². The van der Waals surface area contributed by atoms with E-state index in [4.69, 9.17) is 5.73 Å². The van der Waals surface area contributed by atoms with Gasteiger partial charge in [-0.25, -0.2) is 0 Å². The smallest absolute Gasteiger partial charge is 0.108 e. The van der Waals surface area contributed by atoms with Gasteiger partial charge in [0.25, 0.3) is 0 Å². The molecule has 2 heterocycles. The van der Waals surface area contributed by atoms with Gasteiger partial charge in [-0.15, -0.1) is 0 Å².